The van der Waals surface area contributed by atoms with Crippen molar-refractivity contribution in [2.24, 2.45) is 4.99 Å². The number of amides is 1. The van der Waals surface area contributed by atoms with Crippen LogP contribution in [0.2, 0.25) is 5.02 Å². The summed E-state index contributed by atoms with van der Waals surface area (Å²) in [5.74, 6) is 0.912. The fourth-order valence-corrected chi connectivity index (χ4v) is 4.07. The number of carbonyl (C=O) groups excluding carboxylic acids is 1. The van der Waals surface area contributed by atoms with Gasteiger partial charge in [0.05, 0.1) is 15.1 Å². The Labute approximate surface area is 173 Å². The first-order chi connectivity index (χ1) is 13.5. The van der Waals surface area contributed by atoms with Gasteiger partial charge in [0, 0.05) is 29.5 Å². The van der Waals surface area contributed by atoms with E-state index in [2.05, 4.69) is 4.99 Å². The highest BCUT2D eigenvalue weighted by Gasteiger charge is 2.13. The van der Waals surface area contributed by atoms with Crippen LogP contribution >= 0.6 is 34.7 Å². The third-order valence-electron chi connectivity index (χ3n) is 3.79. The van der Waals surface area contributed by atoms with Gasteiger partial charge in [0.1, 0.15) is 5.75 Å². The summed E-state index contributed by atoms with van der Waals surface area (Å²) in [6.45, 7) is 0.432. The minimum atomic E-state index is -0.437. The Hall–Kier alpha value is -2.36. The molecule has 146 valence electrons. The minimum Gasteiger partial charge on any atom is -0.484 e. The number of ether oxygens (including phenoxy) is 1. The van der Waals surface area contributed by atoms with E-state index < -0.39 is 10.8 Å². The monoisotopic (exact) mass is 437 g/mol. The summed E-state index contributed by atoms with van der Waals surface area (Å²) in [6.07, 6.45) is 1.99. The highest BCUT2D eigenvalue weighted by molar-refractivity contribution is 7.98. The maximum Gasteiger partial charge on any atom is 0.286 e. The number of carbonyl (C=O) groups is 1. The van der Waals surface area contributed by atoms with Crippen molar-refractivity contribution in [2.75, 3.05) is 18.6 Å². The molecule has 7 nitrogen and oxygen atoms in total. The van der Waals surface area contributed by atoms with Gasteiger partial charge in [-0.25, -0.2) is 0 Å². The lowest BCUT2D eigenvalue weighted by atomic mass is 10.3. The third-order valence-corrected chi connectivity index (χ3v) is 5.68. The van der Waals surface area contributed by atoms with Crippen molar-refractivity contribution in [3.63, 3.8) is 0 Å². The molecule has 0 bridgehead atoms. The molecule has 3 rings (SSSR count). The smallest absolute Gasteiger partial charge is 0.286 e. The van der Waals surface area contributed by atoms with Crippen molar-refractivity contribution in [3.8, 4) is 5.75 Å². The second-order valence-corrected chi connectivity index (χ2v) is 8.12. The van der Waals surface area contributed by atoms with E-state index in [-0.39, 0.29) is 12.3 Å². The molecule has 3 aromatic rings. The molecule has 0 spiro atoms. The Kier molecular flexibility index (Phi) is 6.71. The van der Waals surface area contributed by atoms with E-state index in [1.165, 1.54) is 23.5 Å². The van der Waals surface area contributed by atoms with Crippen molar-refractivity contribution in [2.45, 2.75) is 6.54 Å². The maximum absolute atomic E-state index is 12.3. The van der Waals surface area contributed by atoms with Gasteiger partial charge in [-0.3, -0.25) is 14.9 Å². The van der Waals surface area contributed by atoms with Crippen LogP contribution in [0.4, 0.5) is 5.69 Å². The van der Waals surface area contributed by atoms with Gasteiger partial charge in [0.15, 0.2) is 11.4 Å². The molecule has 0 saturated carbocycles. The predicted octanol–water partition coefficient (Wildman–Crippen LogP) is 4.13. The zero-order valence-electron chi connectivity index (χ0n) is 14.8. The van der Waals surface area contributed by atoms with Gasteiger partial charge in [-0.05, 0) is 36.6 Å². The Bertz CT molecular complexity index is 1080. The van der Waals surface area contributed by atoms with Gasteiger partial charge in [-0.1, -0.05) is 22.9 Å². The number of thiazole rings is 1. The van der Waals surface area contributed by atoms with Crippen molar-refractivity contribution in [3.05, 3.63) is 62.4 Å². The van der Waals surface area contributed by atoms with E-state index in [9.17, 15) is 14.9 Å². The van der Waals surface area contributed by atoms with Crippen LogP contribution in [0.15, 0.2) is 47.5 Å². The number of hydrogen-bond acceptors (Lipinski definition) is 6. The Morgan fingerprint density at radius 1 is 1.32 bits per heavy atom. The molecule has 0 aliphatic carbocycles. The minimum absolute atomic E-state index is 0.00900. The van der Waals surface area contributed by atoms with Crippen molar-refractivity contribution < 1.29 is 14.5 Å². The average molecular weight is 438 g/mol. The number of nitrogens with zero attached hydrogens (tertiary/aromatic N) is 3. The lowest BCUT2D eigenvalue weighted by Gasteiger charge is -2.04. The summed E-state index contributed by atoms with van der Waals surface area (Å²) >= 11 is 8.74. The van der Waals surface area contributed by atoms with Crippen LogP contribution in [0.1, 0.15) is 0 Å². The molecule has 0 fully saturated rings. The first-order valence-corrected chi connectivity index (χ1v) is 10.8. The van der Waals surface area contributed by atoms with Gasteiger partial charge in [0.2, 0.25) is 0 Å². The number of hydrogen-bond donors (Lipinski definition) is 0. The molecule has 1 amide bonds. The SMILES string of the molecule is CSCCn1c(=NC(=O)COc2ccc(Cl)cc2)sc2cc([N+](=O)[O-])ccc21. The quantitative estimate of drug-likeness (QED) is 0.409. The van der Waals surface area contributed by atoms with Crippen LogP contribution in [-0.2, 0) is 11.3 Å². The number of nitro groups is 1. The molecule has 0 saturated heterocycles. The molecule has 0 N–H and O–H groups in total. The molecule has 2 aromatic carbocycles. The highest BCUT2D eigenvalue weighted by Crippen LogP contribution is 2.23. The Balaban J connectivity index is 1.89. The molecule has 0 unspecified atom stereocenters. The van der Waals surface area contributed by atoms with E-state index in [1.807, 2.05) is 10.8 Å². The number of nitro benzene ring substituents is 1. The summed E-state index contributed by atoms with van der Waals surface area (Å²) in [4.78, 5) is 27.5. The van der Waals surface area contributed by atoms with E-state index >= 15 is 0 Å². The summed E-state index contributed by atoms with van der Waals surface area (Å²) in [7, 11) is 0. The van der Waals surface area contributed by atoms with Crippen molar-refractivity contribution in [1.82, 2.24) is 4.57 Å². The number of benzene rings is 2. The fraction of sp³-hybridized carbons (Fsp3) is 0.222. The fourth-order valence-electron chi connectivity index (χ4n) is 2.47. The van der Waals surface area contributed by atoms with Crippen LogP contribution in [-0.4, -0.2) is 34.0 Å². The normalized spacial score (nSPS) is 11.7. The molecule has 28 heavy (non-hydrogen) atoms. The first-order valence-electron chi connectivity index (χ1n) is 8.20. The largest absolute Gasteiger partial charge is 0.484 e. The summed E-state index contributed by atoms with van der Waals surface area (Å²) in [6, 6.07) is 11.3. The number of fused-ring (bicyclic) bond motifs is 1. The number of halogens is 1. The molecule has 0 radical (unpaired) electrons. The molecule has 0 aliphatic rings. The molecule has 10 heteroatoms. The van der Waals surface area contributed by atoms with Crippen LogP contribution in [0.25, 0.3) is 10.2 Å². The zero-order chi connectivity index (χ0) is 20.1. The topological polar surface area (TPSA) is 86.7 Å². The van der Waals surface area contributed by atoms with Gasteiger partial charge in [-0.15, -0.1) is 0 Å². The van der Waals surface area contributed by atoms with Crippen LogP contribution in [0.5, 0.6) is 5.75 Å². The van der Waals surface area contributed by atoms with Gasteiger partial charge >= 0.3 is 0 Å². The molecule has 1 heterocycles. The van der Waals surface area contributed by atoms with E-state index in [0.29, 0.717) is 26.8 Å². The van der Waals surface area contributed by atoms with Crippen LogP contribution in [0.3, 0.4) is 0 Å². The maximum atomic E-state index is 12.3. The highest BCUT2D eigenvalue weighted by atomic mass is 35.5. The second kappa shape index (κ2) is 9.22. The van der Waals surface area contributed by atoms with Gasteiger partial charge < -0.3 is 9.30 Å². The van der Waals surface area contributed by atoms with Crippen molar-refractivity contribution >= 4 is 56.5 Å². The molecular weight excluding hydrogens is 422 g/mol. The Morgan fingerprint density at radius 2 is 2.07 bits per heavy atom. The number of non-ortho nitro benzene ring substituents is 1. The number of aromatic nitrogens is 1. The third kappa shape index (κ3) is 4.92. The lowest BCUT2D eigenvalue weighted by Crippen LogP contribution is -2.20. The Morgan fingerprint density at radius 3 is 2.75 bits per heavy atom. The molecular formula is C18H16ClN3O4S2. The molecule has 1 aromatic heterocycles. The molecule has 0 atom stereocenters. The van der Waals surface area contributed by atoms with E-state index in [0.717, 1.165) is 11.3 Å². The van der Waals surface area contributed by atoms with Crippen LogP contribution in [0, 0.1) is 10.1 Å². The first kappa shape index (κ1) is 20.4. The van der Waals surface area contributed by atoms with Crippen molar-refractivity contribution in [1.29, 1.82) is 0 Å². The number of rotatable bonds is 7. The lowest BCUT2D eigenvalue weighted by molar-refractivity contribution is -0.384. The zero-order valence-corrected chi connectivity index (χ0v) is 17.2. The summed E-state index contributed by atoms with van der Waals surface area (Å²) < 4.78 is 8.05. The van der Waals surface area contributed by atoms with E-state index in [4.69, 9.17) is 16.3 Å². The van der Waals surface area contributed by atoms with Gasteiger partial charge in [-0.2, -0.15) is 16.8 Å². The van der Waals surface area contributed by atoms with Gasteiger partial charge in [0.25, 0.3) is 11.6 Å². The predicted molar refractivity (Wildman–Crippen MR) is 112 cm³/mol. The van der Waals surface area contributed by atoms with E-state index in [1.54, 1.807) is 42.1 Å². The summed E-state index contributed by atoms with van der Waals surface area (Å²) in [5, 5.41) is 11.6. The number of aryl methyl sites for hydroxylation is 1. The molecule has 0 aliphatic heterocycles. The van der Waals surface area contributed by atoms with Crippen LogP contribution < -0.4 is 9.54 Å². The number of thioether (sulfide) groups is 1. The standard InChI is InChI=1S/C18H16ClN3O4S2/c1-27-9-8-21-15-7-4-13(22(24)25)10-16(15)28-18(21)20-17(23)11-26-14-5-2-12(19)3-6-14/h2-7,10H,8-9,11H2,1H3. The average Bonchev–Trinajstić information content (AvgIpc) is 3.01. The second-order valence-electron chi connectivity index (χ2n) is 5.69. The summed E-state index contributed by atoms with van der Waals surface area (Å²) in [5.41, 5.74) is 0.824.